The van der Waals surface area contributed by atoms with Gasteiger partial charge in [-0.25, -0.2) is 4.98 Å². The normalized spacial score (nSPS) is 14.6. The largest absolute Gasteiger partial charge is 0.312 e. The van der Waals surface area contributed by atoms with E-state index >= 15 is 0 Å². The summed E-state index contributed by atoms with van der Waals surface area (Å²) in [6, 6.07) is 6.77. The predicted octanol–water partition coefficient (Wildman–Crippen LogP) is 4.34. The van der Waals surface area contributed by atoms with Gasteiger partial charge < -0.3 is 5.32 Å². The van der Waals surface area contributed by atoms with Crippen LogP contribution in [0.4, 0.5) is 0 Å². The fourth-order valence-corrected chi connectivity index (χ4v) is 3.78. The van der Waals surface area contributed by atoms with Crippen LogP contribution in [0.3, 0.4) is 0 Å². The summed E-state index contributed by atoms with van der Waals surface area (Å²) in [7, 11) is 0. The van der Waals surface area contributed by atoms with Crippen LogP contribution >= 0.6 is 11.3 Å². The van der Waals surface area contributed by atoms with Gasteiger partial charge in [-0.05, 0) is 49.9 Å². The third-order valence-electron chi connectivity index (χ3n) is 4.20. The van der Waals surface area contributed by atoms with E-state index in [1.165, 1.54) is 45.1 Å². The summed E-state index contributed by atoms with van der Waals surface area (Å²) in [6.07, 6.45) is 3.62. The molecule has 0 bridgehead atoms. The molecule has 1 heterocycles. The van der Waals surface area contributed by atoms with E-state index in [-0.39, 0.29) is 0 Å². The summed E-state index contributed by atoms with van der Waals surface area (Å²) in [6.45, 7) is 8.52. The smallest absolute Gasteiger partial charge is 0.0975 e. The van der Waals surface area contributed by atoms with Crippen LogP contribution in [0.5, 0.6) is 0 Å². The van der Waals surface area contributed by atoms with Gasteiger partial charge in [0.05, 0.1) is 10.7 Å². The number of aromatic nitrogens is 1. The van der Waals surface area contributed by atoms with Gasteiger partial charge in [0.25, 0.3) is 0 Å². The van der Waals surface area contributed by atoms with E-state index in [4.69, 9.17) is 4.98 Å². The number of hydrogen-bond acceptors (Lipinski definition) is 3. The first-order valence-electron chi connectivity index (χ1n) is 7.92. The molecule has 3 heteroatoms. The first-order chi connectivity index (χ1) is 10.2. The number of benzene rings is 1. The van der Waals surface area contributed by atoms with Gasteiger partial charge in [-0.1, -0.05) is 25.1 Å². The van der Waals surface area contributed by atoms with Crippen molar-refractivity contribution < 1.29 is 0 Å². The Morgan fingerprint density at radius 2 is 2.05 bits per heavy atom. The van der Waals surface area contributed by atoms with Crippen LogP contribution in [0.15, 0.2) is 18.2 Å². The lowest BCUT2D eigenvalue weighted by Gasteiger charge is -2.03. The van der Waals surface area contributed by atoms with Crippen molar-refractivity contribution in [1.29, 1.82) is 0 Å². The molecule has 0 radical (unpaired) electrons. The quantitative estimate of drug-likeness (QED) is 0.858. The van der Waals surface area contributed by atoms with Crippen molar-refractivity contribution in [1.82, 2.24) is 10.3 Å². The molecule has 1 N–H and O–H groups in total. The first-order valence-corrected chi connectivity index (χ1v) is 8.74. The summed E-state index contributed by atoms with van der Waals surface area (Å²) in [4.78, 5) is 6.41. The minimum absolute atomic E-state index is 0.739. The zero-order valence-electron chi connectivity index (χ0n) is 13.2. The van der Waals surface area contributed by atoms with Crippen LogP contribution in [0.2, 0.25) is 0 Å². The second-order valence-corrected chi connectivity index (χ2v) is 7.23. The minimum atomic E-state index is 0.739. The standard InChI is InChI=1S/C18H24N2S/c1-4-19-11-16-18(15-7-8-15)20-17(21-16)10-14-6-5-12(2)13(3)9-14/h5-6,9,15,19H,4,7-8,10-11H2,1-3H3. The maximum absolute atomic E-state index is 4.95. The minimum Gasteiger partial charge on any atom is -0.312 e. The fraction of sp³-hybridized carbons (Fsp3) is 0.500. The highest BCUT2D eigenvalue weighted by atomic mass is 32.1. The molecule has 1 aliphatic rings. The number of hydrogen-bond donors (Lipinski definition) is 1. The highest BCUT2D eigenvalue weighted by molar-refractivity contribution is 7.11. The van der Waals surface area contributed by atoms with Crippen LogP contribution in [0.25, 0.3) is 0 Å². The molecule has 0 spiro atoms. The van der Waals surface area contributed by atoms with Gasteiger partial charge in [0.1, 0.15) is 0 Å². The van der Waals surface area contributed by atoms with E-state index in [2.05, 4.69) is 44.3 Å². The number of nitrogens with zero attached hydrogens (tertiary/aromatic N) is 1. The fourth-order valence-electron chi connectivity index (χ4n) is 2.62. The van der Waals surface area contributed by atoms with Gasteiger partial charge in [-0.3, -0.25) is 0 Å². The van der Waals surface area contributed by atoms with E-state index in [0.717, 1.165) is 25.4 Å². The first kappa shape index (κ1) is 14.7. The average molecular weight is 300 g/mol. The lowest BCUT2D eigenvalue weighted by atomic mass is 10.0. The van der Waals surface area contributed by atoms with E-state index in [9.17, 15) is 0 Å². The van der Waals surface area contributed by atoms with Gasteiger partial charge in [0.15, 0.2) is 0 Å². The molecule has 2 nitrogen and oxygen atoms in total. The van der Waals surface area contributed by atoms with Gasteiger partial charge in [0, 0.05) is 23.8 Å². The molecule has 1 saturated carbocycles. The van der Waals surface area contributed by atoms with Crippen molar-refractivity contribution in [2.75, 3.05) is 6.54 Å². The van der Waals surface area contributed by atoms with Gasteiger partial charge in [-0.15, -0.1) is 11.3 Å². The Balaban J connectivity index is 1.79. The summed E-state index contributed by atoms with van der Waals surface area (Å²) in [5, 5.41) is 4.72. The maximum Gasteiger partial charge on any atom is 0.0975 e. The van der Waals surface area contributed by atoms with Gasteiger partial charge >= 0.3 is 0 Å². The molecule has 0 unspecified atom stereocenters. The van der Waals surface area contributed by atoms with E-state index < -0.39 is 0 Å². The molecule has 1 aromatic heterocycles. The zero-order valence-corrected chi connectivity index (χ0v) is 14.0. The van der Waals surface area contributed by atoms with Crippen molar-refractivity contribution in [3.63, 3.8) is 0 Å². The zero-order chi connectivity index (χ0) is 14.8. The molecule has 0 atom stereocenters. The maximum atomic E-state index is 4.95. The SMILES string of the molecule is CCNCc1sc(Cc2ccc(C)c(C)c2)nc1C1CC1. The van der Waals surface area contributed by atoms with Crippen LogP contribution in [0, 0.1) is 13.8 Å². The molecular formula is C18H24N2S. The molecule has 0 aliphatic heterocycles. The Kier molecular flexibility index (Phi) is 4.41. The Bertz CT molecular complexity index is 626. The van der Waals surface area contributed by atoms with Gasteiger partial charge in [-0.2, -0.15) is 0 Å². The lowest BCUT2D eigenvalue weighted by Crippen LogP contribution is -2.11. The summed E-state index contributed by atoms with van der Waals surface area (Å²) in [5.41, 5.74) is 5.49. The molecule has 2 aromatic rings. The number of thiazole rings is 1. The van der Waals surface area contributed by atoms with Crippen molar-refractivity contribution in [3.05, 3.63) is 50.5 Å². The molecule has 1 aromatic carbocycles. The molecule has 112 valence electrons. The van der Waals surface area contributed by atoms with Crippen molar-refractivity contribution >= 4 is 11.3 Å². The second-order valence-electron chi connectivity index (χ2n) is 6.07. The molecule has 1 aliphatic carbocycles. The van der Waals surface area contributed by atoms with E-state index in [0.29, 0.717) is 0 Å². The number of nitrogens with one attached hydrogen (secondary N) is 1. The van der Waals surface area contributed by atoms with Gasteiger partial charge in [0.2, 0.25) is 0 Å². The van der Waals surface area contributed by atoms with Crippen molar-refractivity contribution in [3.8, 4) is 0 Å². The average Bonchev–Trinajstić information content (AvgIpc) is 3.23. The highest BCUT2D eigenvalue weighted by Gasteiger charge is 2.29. The predicted molar refractivity (Wildman–Crippen MR) is 90.2 cm³/mol. The van der Waals surface area contributed by atoms with E-state index in [1.807, 2.05) is 11.3 Å². The molecule has 3 rings (SSSR count). The lowest BCUT2D eigenvalue weighted by molar-refractivity contribution is 0.726. The third kappa shape index (κ3) is 3.53. The van der Waals surface area contributed by atoms with Crippen LogP contribution in [0.1, 0.15) is 58.0 Å². The third-order valence-corrected chi connectivity index (χ3v) is 5.27. The second kappa shape index (κ2) is 6.29. The molecule has 21 heavy (non-hydrogen) atoms. The summed E-state index contributed by atoms with van der Waals surface area (Å²) >= 11 is 1.90. The Labute approximate surface area is 131 Å². The van der Waals surface area contributed by atoms with Crippen LogP contribution in [-0.2, 0) is 13.0 Å². The van der Waals surface area contributed by atoms with E-state index in [1.54, 1.807) is 0 Å². The highest BCUT2D eigenvalue weighted by Crippen LogP contribution is 2.42. The van der Waals surface area contributed by atoms with Crippen molar-refractivity contribution in [2.24, 2.45) is 0 Å². The Morgan fingerprint density at radius 1 is 1.24 bits per heavy atom. The Morgan fingerprint density at radius 3 is 2.71 bits per heavy atom. The summed E-state index contributed by atoms with van der Waals surface area (Å²) < 4.78 is 0. The summed E-state index contributed by atoms with van der Waals surface area (Å²) in [5.74, 6) is 0.739. The molecule has 0 amide bonds. The number of rotatable bonds is 6. The molecule has 0 saturated heterocycles. The Hall–Kier alpha value is -1.19. The van der Waals surface area contributed by atoms with Crippen LogP contribution < -0.4 is 5.32 Å². The van der Waals surface area contributed by atoms with Crippen molar-refractivity contribution in [2.45, 2.75) is 52.5 Å². The molecule has 1 fully saturated rings. The molecular weight excluding hydrogens is 276 g/mol. The monoisotopic (exact) mass is 300 g/mol. The number of aryl methyl sites for hydroxylation is 2. The van der Waals surface area contributed by atoms with Crippen LogP contribution in [-0.4, -0.2) is 11.5 Å². The topological polar surface area (TPSA) is 24.9 Å².